The van der Waals surface area contributed by atoms with E-state index in [1.807, 2.05) is 30.3 Å². The average molecular weight is 686 g/mol. The number of unbranched alkanes of at least 4 members (excludes halogenated alkanes) is 1. The van der Waals surface area contributed by atoms with Crippen molar-refractivity contribution in [3.63, 3.8) is 0 Å². The monoisotopic (exact) mass is 685 g/mol. The van der Waals surface area contributed by atoms with Crippen molar-refractivity contribution in [1.82, 2.24) is 16.0 Å². The first-order valence-electron chi connectivity index (χ1n) is 16.6. The van der Waals surface area contributed by atoms with Gasteiger partial charge in [-0.2, -0.15) is 0 Å². The summed E-state index contributed by atoms with van der Waals surface area (Å²) in [6, 6.07) is 17.3. The van der Waals surface area contributed by atoms with E-state index in [1.165, 1.54) is 25.3 Å². The minimum Gasteiger partial charge on any atom is -0.458 e. The number of ketones is 1. The summed E-state index contributed by atoms with van der Waals surface area (Å²) in [5.74, 6) is -2.36. The lowest BCUT2D eigenvalue weighted by Crippen LogP contribution is -2.49. The predicted molar refractivity (Wildman–Crippen MR) is 182 cm³/mol. The molecule has 0 spiro atoms. The van der Waals surface area contributed by atoms with Crippen LogP contribution in [0.15, 0.2) is 54.6 Å². The number of methoxy groups -OCH3 is 2. The van der Waals surface area contributed by atoms with Crippen LogP contribution < -0.4 is 16.0 Å². The number of rotatable bonds is 27. The molecule has 49 heavy (non-hydrogen) atoms. The molecule has 13 heteroatoms. The van der Waals surface area contributed by atoms with Crippen molar-refractivity contribution >= 4 is 29.5 Å². The van der Waals surface area contributed by atoms with E-state index < -0.39 is 23.8 Å². The summed E-state index contributed by atoms with van der Waals surface area (Å²) in [5.41, 5.74) is 3.39. The molecule has 0 aromatic heterocycles. The van der Waals surface area contributed by atoms with E-state index in [1.54, 1.807) is 0 Å². The molecule has 3 amide bonds. The number of carbonyl (C=O) groups excluding carboxylic acids is 5. The summed E-state index contributed by atoms with van der Waals surface area (Å²) < 4.78 is 25.2. The van der Waals surface area contributed by atoms with Crippen LogP contribution in [-0.4, -0.2) is 109 Å². The Balaban J connectivity index is 1.69. The number of hydrogen-bond acceptors (Lipinski definition) is 10. The van der Waals surface area contributed by atoms with Gasteiger partial charge in [0, 0.05) is 33.7 Å². The summed E-state index contributed by atoms with van der Waals surface area (Å²) in [6.45, 7) is 0.293. The Morgan fingerprint density at radius 3 is 1.88 bits per heavy atom. The second kappa shape index (κ2) is 25.8. The number of benzene rings is 2. The van der Waals surface area contributed by atoms with E-state index in [9.17, 15) is 24.0 Å². The van der Waals surface area contributed by atoms with Crippen LogP contribution in [0.4, 0.5) is 0 Å². The Labute approximate surface area is 288 Å². The van der Waals surface area contributed by atoms with Gasteiger partial charge in [-0.3, -0.25) is 24.0 Å². The van der Waals surface area contributed by atoms with E-state index >= 15 is 0 Å². The Bertz CT molecular complexity index is 1260. The fourth-order valence-electron chi connectivity index (χ4n) is 4.58. The first-order valence-corrected chi connectivity index (χ1v) is 16.6. The Morgan fingerprint density at radius 2 is 1.24 bits per heavy atom. The number of esters is 1. The lowest BCUT2D eigenvalue weighted by molar-refractivity contribution is -0.147. The molecule has 0 saturated carbocycles. The van der Waals surface area contributed by atoms with Gasteiger partial charge >= 0.3 is 5.97 Å². The SMILES string of the molecule is COCCOCC(=O)NCC[C@H](NC(=O)COCCOC)C(=O)NCCC(=O)OCC(=O)Cc1ccc(CCCCc2ccccc2)cc1. The molecule has 3 N–H and O–H groups in total. The van der Waals surface area contributed by atoms with Crippen LogP contribution >= 0.6 is 0 Å². The molecule has 0 saturated heterocycles. The highest BCUT2D eigenvalue weighted by Gasteiger charge is 2.21. The van der Waals surface area contributed by atoms with Crippen molar-refractivity contribution < 1.29 is 47.7 Å². The zero-order valence-electron chi connectivity index (χ0n) is 28.7. The van der Waals surface area contributed by atoms with Gasteiger partial charge in [-0.25, -0.2) is 0 Å². The van der Waals surface area contributed by atoms with Gasteiger partial charge in [0.25, 0.3) is 0 Å². The van der Waals surface area contributed by atoms with E-state index in [-0.39, 0.29) is 77.1 Å². The maximum Gasteiger partial charge on any atom is 0.308 e. The third-order valence-electron chi connectivity index (χ3n) is 7.21. The van der Waals surface area contributed by atoms with Crippen molar-refractivity contribution in [3.05, 3.63) is 71.3 Å². The van der Waals surface area contributed by atoms with Gasteiger partial charge in [-0.15, -0.1) is 0 Å². The molecule has 0 bridgehead atoms. The molecule has 2 rings (SSSR count). The number of nitrogens with one attached hydrogen (secondary N) is 3. The highest BCUT2D eigenvalue weighted by atomic mass is 16.5. The fraction of sp³-hybridized carbons (Fsp3) is 0.528. The van der Waals surface area contributed by atoms with Crippen LogP contribution in [0.2, 0.25) is 0 Å². The Morgan fingerprint density at radius 1 is 0.653 bits per heavy atom. The number of amides is 3. The van der Waals surface area contributed by atoms with Gasteiger partial charge in [0.05, 0.1) is 32.8 Å². The smallest absolute Gasteiger partial charge is 0.308 e. The summed E-state index contributed by atoms with van der Waals surface area (Å²) in [5, 5.41) is 7.79. The Hall–Kier alpha value is -4.17. The lowest BCUT2D eigenvalue weighted by atomic mass is 10.0. The molecule has 0 aliphatic rings. The summed E-state index contributed by atoms with van der Waals surface area (Å²) in [4.78, 5) is 61.8. The van der Waals surface area contributed by atoms with Gasteiger partial charge in [-0.1, -0.05) is 54.6 Å². The fourth-order valence-corrected chi connectivity index (χ4v) is 4.58. The van der Waals surface area contributed by atoms with Crippen molar-refractivity contribution in [2.75, 3.05) is 73.6 Å². The predicted octanol–water partition coefficient (Wildman–Crippen LogP) is 1.73. The molecule has 0 fully saturated rings. The molecule has 0 aliphatic carbocycles. The molecule has 2 aromatic rings. The Kier molecular flexibility index (Phi) is 21.6. The van der Waals surface area contributed by atoms with Crippen LogP contribution in [0.1, 0.15) is 42.4 Å². The zero-order chi connectivity index (χ0) is 35.5. The number of hydrogen-bond donors (Lipinski definition) is 3. The van der Waals surface area contributed by atoms with Crippen LogP contribution in [0.3, 0.4) is 0 Å². The molecule has 1 atom stereocenters. The number of aryl methyl sites for hydroxylation is 2. The van der Waals surface area contributed by atoms with Crippen molar-refractivity contribution in [1.29, 1.82) is 0 Å². The van der Waals surface area contributed by atoms with Gasteiger partial charge in [-0.05, 0) is 48.8 Å². The van der Waals surface area contributed by atoms with Crippen LogP contribution in [0.5, 0.6) is 0 Å². The largest absolute Gasteiger partial charge is 0.458 e. The normalized spacial score (nSPS) is 11.4. The molecule has 13 nitrogen and oxygen atoms in total. The zero-order valence-corrected chi connectivity index (χ0v) is 28.7. The van der Waals surface area contributed by atoms with Crippen LogP contribution in [0, 0.1) is 0 Å². The molecule has 0 unspecified atom stereocenters. The third kappa shape index (κ3) is 20.1. The minimum absolute atomic E-state index is 0.0743. The van der Waals surface area contributed by atoms with Gasteiger partial charge in [0.1, 0.15) is 25.9 Å². The molecule has 270 valence electrons. The van der Waals surface area contributed by atoms with Gasteiger partial charge in [0.15, 0.2) is 5.78 Å². The third-order valence-corrected chi connectivity index (χ3v) is 7.21. The van der Waals surface area contributed by atoms with Crippen molar-refractivity contribution in [2.24, 2.45) is 0 Å². The minimum atomic E-state index is -1.01. The lowest BCUT2D eigenvalue weighted by Gasteiger charge is -2.19. The molecular formula is C36H51N3O10. The second-order valence-corrected chi connectivity index (χ2v) is 11.3. The standard InChI is InChI=1S/C36H51N3O10/c1-45-20-22-47-26-33(41)37-18-16-32(39-34(42)27-48-23-21-46-2)36(44)38-19-17-35(43)49-25-31(40)24-30-14-12-29(13-15-30)11-7-6-10-28-8-4-3-5-9-28/h3-5,8-9,12-15,32H,6-7,10-11,16-27H2,1-2H3,(H,37,41)(H,38,44)(H,39,42)/t32-/m0/s1. The van der Waals surface area contributed by atoms with Crippen LogP contribution in [0.25, 0.3) is 0 Å². The topological polar surface area (TPSA) is 168 Å². The quantitative estimate of drug-likeness (QED) is 0.0931. The van der Waals surface area contributed by atoms with Crippen LogP contribution in [-0.2, 0) is 66.9 Å². The highest BCUT2D eigenvalue weighted by Crippen LogP contribution is 2.11. The van der Waals surface area contributed by atoms with E-state index in [4.69, 9.17) is 23.7 Å². The molecule has 2 aromatic carbocycles. The van der Waals surface area contributed by atoms with E-state index in [2.05, 4.69) is 40.2 Å². The first-order chi connectivity index (χ1) is 23.8. The molecular weight excluding hydrogens is 634 g/mol. The first kappa shape index (κ1) is 41.0. The average Bonchev–Trinajstić information content (AvgIpc) is 3.10. The number of ether oxygens (including phenoxy) is 5. The van der Waals surface area contributed by atoms with E-state index in [0.717, 1.165) is 31.2 Å². The summed E-state index contributed by atoms with van der Waals surface area (Å²) in [6.07, 6.45) is 4.25. The van der Waals surface area contributed by atoms with Gasteiger partial charge in [0.2, 0.25) is 17.7 Å². The maximum absolute atomic E-state index is 12.8. The molecule has 0 radical (unpaired) electrons. The number of Topliss-reactive ketones (excluding diaryl/α,β-unsaturated/α-hetero) is 1. The maximum atomic E-state index is 12.8. The highest BCUT2D eigenvalue weighted by molar-refractivity contribution is 5.88. The summed E-state index contributed by atoms with van der Waals surface area (Å²) in [7, 11) is 3.02. The summed E-state index contributed by atoms with van der Waals surface area (Å²) >= 11 is 0. The van der Waals surface area contributed by atoms with E-state index in [0.29, 0.717) is 13.2 Å². The molecule has 0 heterocycles. The van der Waals surface area contributed by atoms with Crippen molar-refractivity contribution in [2.45, 2.75) is 51.0 Å². The number of carbonyl (C=O) groups is 5. The molecule has 0 aliphatic heterocycles. The van der Waals surface area contributed by atoms with Crippen molar-refractivity contribution in [3.8, 4) is 0 Å². The second-order valence-electron chi connectivity index (χ2n) is 11.3. The van der Waals surface area contributed by atoms with Gasteiger partial charge < -0.3 is 39.6 Å².